The van der Waals surface area contributed by atoms with Crippen molar-refractivity contribution < 1.29 is 14.2 Å². The standard InChI is InChI=1S/C14H14N4O3S/c1-19-10-7-9(8-11(20-2)13(10)21-3)18-14(15-16-17-18)12-5-4-6-22-12/h4-8H,1-3H3. The van der Waals surface area contributed by atoms with Gasteiger partial charge in [-0.05, 0) is 21.9 Å². The van der Waals surface area contributed by atoms with Crippen molar-refractivity contribution in [2.45, 2.75) is 0 Å². The SMILES string of the molecule is COc1cc(-n2nnnc2-c2cccs2)cc(OC)c1OC. The molecule has 0 spiro atoms. The van der Waals surface area contributed by atoms with Crippen molar-refractivity contribution in [3.8, 4) is 33.6 Å². The molecule has 1 aromatic carbocycles. The van der Waals surface area contributed by atoms with Gasteiger partial charge in [0.05, 0.1) is 31.9 Å². The van der Waals surface area contributed by atoms with Crippen molar-refractivity contribution in [2.24, 2.45) is 0 Å². The Kier molecular flexibility index (Phi) is 3.92. The lowest BCUT2D eigenvalue weighted by Crippen LogP contribution is -2.02. The van der Waals surface area contributed by atoms with Gasteiger partial charge in [0.25, 0.3) is 0 Å². The minimum atomic E-state index is 0.527. The van der Waals surface area contributed by atoms with Crippen LogP contribution in [0.5, 0.6) is 17.2 Å². The Labute approximate surface area is 131 Å². The quantitative estimate of drug-likeness (QED) is 0.719. The number of methoxy groups -OCH3 is 3. The van der Waals surface area contributed by atoms with Gasteiger partial charge in [-0.2, -0.15) is 4.68 Å². The lowest BCUT2D eigenvalue weighted by atomic mass is 10.2. The first-order chi connectivity index (χ1) is 10.8. The number of thiophene rings is 1. The Morgan fingerprint density at radius 3 is 2.32 bits per heavy atom. The average Bonchev–Trinajstić information content (AvgIpc) is 3.23. The third-order valence-electron chi connectivity index (χ3n) is 3.11. The van der Waals surface area contributed by atoms with Gasteiger partial charge in [-0.25, -0.2) is 0 Å². The molecule has 2 heterocycles. The molecule has 8 heteroatoms. The number of ether oxygens (including phenoxy) is 3. The van der Waals surface area contributed by atoms with Crippen LogP contribution in [0.3, 0.4) is 0 Å². The van der Waals surface area contributed by atoms with Gasteiger partial charge in [0.2, 0.25) is 5.75 Å². The minimum Gasteiger partial charge on any atom is -0.493 e. The molecular formula is C14H14N4O3S. The number of hydrogen-bond donors (Lipinski definition) is 0. The molecule has 0 aliphatic carbocycles. The maximum Gasteiger partial charge on any atom is 0.203 e. The van der Waals surface area contributed by atoms with Gasteiger partial charge in [-0.1, -0.05) is 6.07 Å². The number of rotatable bonds is 5. The summed E-state index contributed by atoms with van der Waals surface area (Å²) < 4.78 is 17.7. The zero-order valence-electron chi connectivity index (χ0n) is 12.3. The monoisotopic (exact) mass is 318 g/mol. The molecule has 114 valence electrons. The molecule has 3 rings (SSSR count). The molecule has 0 unspecified atom stereocenters. The maximum atomic E-state index is 5.36. The smallest absolute Gasteiger partial charge is 0.203 e. The molecule has 0 bridgehead atoms. The summed E-state index contributed by atoms with van der Waals surface area (Å²) in [7, 11) is 4.70. The van der Waals surface area contributed by atoms with E-state index >= 15 is 0 Å². The number of benzene rings is 1. The van der Waals surface area contributed by atoms with E-state index in [1.807, 2.05) is 17.5 Å². The van der Waals surface area contributed by atoms with Crippen molar-refractivity contribution >= 4 is 11.3 Å². The van der Waals surface area contributed by atoms with Crippen LogP contribution < -0.4 is 14.2 Å². The number of nitrogens with zero attached hydrogens (tertiary/aromatic N) is 4. The lowest BCUT2D eigenvalue weighted by Gasteiger charge is -2.14. The molecule has 22 heavy (non-hydrogen) atoms. The predicted octanol–water partition coefficient (Wildman–Crippen LogP) is 2.42. The summed E-state index contributed by atoms with van der Waals surface area (Å²) in [6.45, 7) is 0. The van der Waals surface area contributed by atoms with E-state index < -0.39 is 0 Å². The third kappa shape index (κ3) is 2.37. The topological polar surface area (TPSA) is 71.3 Å². The van der Waals surface area contributed by atoms with E-state index in [0.717, 1.165) is 10.6 Å². The van der Waals surface area contributed by atoms with Crippen molar-refractivity contribution in [1.82, 2.24) is 20.2 Å². The van der Waals surface area contributed by atoms with Crippen LogP contribution in [-0.2, 0) is 0 Å². The molecule has 0 aliphatic rings. The fourth-order valence-electron chi connectivity index (χ4n) is 2.11. The summed E-state index contributed by atoms with van der Waals surface area (Å²) in [6.07, 6.45) is 0. The highest BCUT2D eigenvalue weighted by Gasteiger charge is 2.18. The number of hydrogen-bond acceptors (Lipinski definition) is 7. The molecular weight excluding hydrogens is 304 g/mol. The van der Waals surface area contributed by atoms with Crippen LogP contribution in [0, 0.1) is 0 Å². The second-order valence-electron chi connectivity index (χ2n) is 4.28. The first-order valence-electron chi connectivity index (χ1n) is 6.41. The van der Waals surface area contributed by atoms with Crippen LogP contribution in [0.25, 0.3) is 16.4 Å². The molecule has 3 aromatic rings. The van der Waals surface area contributed by atoms with Crippen LogP contribution in [0.2, 0.25) is 0 Å². The predicted molar refractivity (Wildman–Crippen MR) is 82.1 cm³/mol. The fourth-order valence-corrected chi connectivity index (χ4v) is 2.80. The summed E-state index contributed by atoms with van der Waals surface area (Å²) in [6, 6.07) is 7.52. The van der Waals surface area contributed by atoms with Crippen molar-refractivity contribution in [3.05, 3.63) is 29.6 Å². The molecule has 0 N–H and O–H groups in total. The Morgan fingerprint density at radius 1 is 1.05 bits per heavy atom. The van der Waals surface area contributed by atoms with Crippen molar-refractivity contribution in [3.63, 3.8) is 0 Å². The summed E-state index contributed by atoms with van der Waals surface area (Å²) in [4.78, 5) is 0.971. The molecule has 0 amide bonds. The van der Waals surface area contributed by atoms with E-state index in [0.29, 0.717) is 23.1 Å². The zero-order valence-corrected chi connectivity index (χ0v) is 13.1. The molecule has 0 saturated heterocycles. The van der Waals surface area contributed by atoms with Crippen molar-refractivity contribution in [1.29, 1.82) is 0 Å². The molecule has 0 fully saturated rings. The lowest BCUT2D eigenvalue weighted by molar-refractivity contribution is 0.324. The van der Waals surface area contributed by atoms with Crippen LogP contribution in [0.15, 0.2) is 29.6 Å². The van der Waals surface area contributed by atoms with Gasteiger partial charge >= 0.3 is 0 Å². The normalized spacial score (nSPS) is 10.5. The Bertz CT molecular complexity index is 745. The van der Waals surface area contributed by atoms with Gasteiger partial charge in [0, 0.05) is 12.1 Å². The summed E-state index contributed by atoms with van der Waals surface area (Å²) in [5.41, 5.74) is 0.725. The van der Waals surface area contributed by atoms with E-state index in [2.05, 4.69) is 15.5 Å². The first-order valence-corrected chi connectivity index (χ1v) is 7.29. The second-order valence-corrected chi connectivity index (χ2v) is 5.22. The highest BCUT2D eigenvalue weighted by atomic mass is 32.1. The minimum absolute atomic E-state index is 0.527. The molecule has 0 saturated carbocycles. The molecule has 0 radical (unpaired) electrons. The number of tetrazole rings is 1. The summed E-state index contributed by atoms with van der Waals surface area (Å²) in [5, 5.41) is 13.9. The van der Waals surface area contributed by atoms with E-state index in [-0.39, 0.29) is 0 Å². The molecule has 2 aromatic heterocycles. The van der Waals surface area contributed by atoms with Gasteiger partial charge in [0.1, 0.15) is 0 Å². The summed E-state index contributed by atoms with van der Waals surface area (Å²) >= 11 is 1.57. The average molecular weight is 318 g/mol. The van der Waals surface area contributed by atoms with Crippen LogP contribution in [-0.4, -0.2) is 41.5 Å². The fraction of sp³-hybridized carbons (Fsp3) is 0.214. The van der Waals surface area contributed by atoms with E-state index in [1.54, 1.807) is 49.5 Å². The Balaban J connectivity index is 2.16. The third-order valence-corrected chi connectivity index (χ3v) is 3.97. The van der Waals surface area contributed by atoms with Gasteiger partial charge in [0.15, 0.2) is 17.3 Å². The van der Waals surface area contributed by atoms with E-state index in [9.17, 15) is 0 Å². The van der Waals surface area contributed by atoms with Crippen LogP contribution in [0.4, 0.5) is 0 Å². The molecule has 0 aliphatic heterocycles. The Morgan fingerprint density at radius 2 is 1.77 bits per heavy atom. The summed E-state index contributed by atoms with van der Waals surface area (Å²) in [5.74, 6) is 2.28. The van der Waals surface area contributed by atoms with Gasteiger partial charge < -0.3 is 14.2 Å². The highest BCUT2D eigenvalue weighted by Crippen LogP contribution is 2.39. The Hall–Kier alpha value is -2.61. The second kappa shape index (κ2) is 6.02. The van der Waals surface area contributed by atoms with Crippen molar-refractivity contribution in [2.75, 3.05) is 21.3 Å². The number of aromatic nitrogens is 4. The molecule has 0 atom stereocenters. The maximum absolute atomic E-state index is 5.36. The molecule has 7 nitrogen and oxygen atoms in total. The van der Waals surface area contributed by atoms with Gasteiger partial charge in [-0.3, -0.25) is 0 Å². The first kappa shape index (κ1) is 14.3. The van der Waals surface area contributed by atoms with Gasteiger partial charge in [-0.15, -0.1) is 16.4 Å². The highest BCUT2D eigenvalue weighted by molar-refractivity contribution is 7.13. The largest absolute Gasteiger partial charge is 0.493 e. The zero-order chi connectivity index (χ0) is 15.5. The van der Waals surface area contributed by atoms with Crippen LogP contribution >= 0.6 is 11.3 Å². The van der Waals surface area contributed by atoms with E-state index in [4.69, 9.17) is 14.2 Å². The van der Waals surface area contributed by atoms with E-state index in [1.165, 1.54) is 0 Å². The van der Waals surface area contributed by atoms with Crippen LogP contribution in [0.1, 0.15) is 0 Å².